The van der Waals surface area contributed by atoms with E-state index in [2.05, 4.69) is 9.88 Å². The van der Waals surface area contributed by atoms with Crippen LogP contribution in [0.25, 0.3) is 0 Å². The van der Waals surface area contributed by atoms with Crippen LogP contribution in [0.15, 0.2) is 18.2 Å². The number of aryl methyl sites for hydroxylation is 1. The number of ether oxygens (including phenoxy) is 1. The predicted molar refractivity (Wildman–Crippen MR) is 83.9 cm³/mol. The van der Waals surface area contributed by atoms with Crippen molar-refractivity contribution in [2.75, 3.05) is 39.0 Å². The molecule has 0 unspecified atom stereocenters. The van der Waals surface area contributed by atoms with Crippen molar-refractivity contribution in [1.82, 2.24) is 14.2 Å². The van der Waals surface area contributed by atoms with Gasteiger partial charge >= 0.3 is 0 Å². The van der Waals surface area contributed by atoms with Crippen molar-refractivity contribution in [3.8, 4) is 0 Å². The highest BCUT2D eigenvalue weighted by atomic mass is 32.2. The molecule has 0 bridgehead atoms. The quantitative estimate of drug-likeness (QED) is 0.809. The van der Waals surface area contributed by atoms with Gasteiger partial charge in [-0.25, -0.2) is 8.42 Å². The zero-order valence-electron chi connectivity index (χ0n) is 13.1. The summed E-state index contributed by atoms with van der Waals surface area (Å²) in [4.78, 5) is 6.85. The molecule has 2 aliphatic heterocycles. The molecule has 1 aromatic rings. The summed E-state index contributed by atoms with van der Waals surface area (Å²) < 4.78 is 31.0. The summed E-state index contributed by atoms with van der Waals surface area (Å²) >= 11 is 0. The number of nitrogens with zero attached hydrogens (tertiary/aromatic N) is 3. The molecule has 0 amide bonds. The van der Waals surface area contributed by atoms with Gasteiger partial charge in [0.05, 0.1) is 24.7 Å². The van der Waals surface area contributed by atoms with E-state index in [1.165, 1.54) is 6.26 Å². The highest BCUT2D eigenvalue weighted by molar-refractivity contribution is 7.88. The Morgan fingerprint density at radius 2 is 2.14 bits per heavy atom. The Hall–Kier alpha value is -1.02. The maximum absolute atomic E-state index is 11.8. The van der Waals surface area contributed by atoms with Crippen LogP contribution >= 0.6 is 0 Å². The smallest absolute Gasteiger partial charge is 0.211 e. The molecule has 2 fully saturated rings. The van der Waals surface area contributed by atoms with Crippen LogP contribution in [0.3, 0.4) is 0 Å². The zero-order chi connectivity index (χ0) is 15.7. The lowest BCUT2D eigenvalue weighted by atomic mass is 10.1. The monoisotopic (exact) mass is 325 g/mol. The number of likely N-dealkylation sites (tertiary alicyclic amines) is 1. The van der Waals surface area contributed by atoms with Crippen molar-refractivity contribution < 1.29 is 13.2 Å². The number of hydrogen-bond acceptors (Lipinski definition) is 5. The van der Waals surface area contributed by atoms with Crippen molar-refractivity contribution in [1.29, 1.82) is 0 Å². The first-order valence-electron chi connectivity index (χ1n) is 7.63. The Bertz CT molecular complexity index is 635. The van der Waals surface area contributed by atoms with Crippen LogP contribution in [-0.2, 0) is 21.3 Å². The van der Waals surface area contributed by atoms with Gasteiger partial charge in [0, 0.05) is 44.3 Å². The molecule has 0 N–H and O–H groups in total. The summed E-state index contributed by atoms with van der Waals surface area (Å²) in [5, 5.41) is 0. The second kappa shape index (κ2) is 6.23. The van der Waals surface area contributed by atoms with E-state index in [1.807, 2.05) is 25.1 Å². The average Bonchev–Trinajstić information content (AvgIpc) is 2.67. The van der Waals surface area contributed by atoms with Gasteiger partial charge in [-0.2, -0.15) is 4.31 Å². The molecule has 6 nitrogen and oxygen atoms in total. The zero-order valence-corrected chi connectivity index (χ0v) is 13.9. The van der Waals surface area contributed by atoms with E-state index in [9.17, 15) is 8.42 Å². The molecular formula is C15H23N3O3S. The van der Waals surface area contributed by atoms with Crippen LogP contribution in [-0.4, -0.2) is 67.8 Å². The van der Waals surface area contributed by atoms with Gasteiger partial charge in [0.25, 0.3) is 0 Å². The lowest BCUT2D eigenvalue weighted by Crippen LogP contribution is -2.36. The SMILES string of the molecule is Cc1cccc(CN2C[C@@H]3CN(S(C)(=O)=O)CCO[C@@H]3C2)n1. The number of hydrogen-bond donors (Lipinski definition) is 0. The van der Waals surface area contributed by atoms with Crippen molar-refractivity contribution in [2.45, 2.75) is 19.6 Å². The van der Waals surface area contributed by atoms with Crippen LogP contribution in [0, 0.1) is 12.8 Å². The van der Waals surface area contributed by atoms with Gasteiger partial charge in [-0.05, 0) is 19.1 Å². The number of sulfonamides is 1. The van der Waals surface area contributed by atoms with Crippen molar-refractivity contribution in [2.24, 2.45) is 5.92 Å². The molecule has 0 saturated carbocycles. The van der Waals surface area contributed by atoms with E-state index in [0.29, 0.717) is 19.7 Å². The molecule has 2 atom stereocenters. The third-order valence-corrected chi connectivity index (χ3v) is 5.64. The van der Waals surface area contributed by atoms with Crippen LogP contribution in [0.4, 0.5) is 0 Å². The molecule has 1 aromatic heterocycles. The Labute approximate surface area is 132 Å². The van der Waals surface area contributed by atoms with Gasteiger partial charge in [-0.3, -0.25) is 9.88 Å². The number of aromatic nitrogens is 1. The topological polar surface area (TPSA) is 62.7 Å². The minimum Gasteiger partial charge on any atom is -0.375 e. The molecule has 0 aliphatic carbocycles. The lowest BCUT2D eigenvalue weighted by Gasteiger charge is -2.21. The first kappa shape index (κ1) is 15.9. The van der Waals surface area contributed by atoms with Crippen LogP contribution in [0.5, 0.6) is 0 Å². The summed E-state index contributed by atoms with van der Waals surface area (Å²) in [5.41, 5.74) is 2.07. The fourth-order valence-corrected chi connectivity index (χ4v) is 4.17. The summed E-state index contributed by atoms with van der Waals surface area (Å²) in [6.07, 6.45) is 1.40. The van der Waals surface area contributed by atoms with E-state index in [4.69, 9.17) is 4.74 Å². The first-order valence-corrected chi connectivity index (χ1v) is 9.48. The van der Waals surface area contributed by atoms with E-state index in [-0.39, 0.29) is 12.0 Å². The minimum atomic E-state index is -3.15. The largest absolute Gasteiger partial charge is 0.375 e. The summed E-state index contributed by atoms with van der Waals surface area (Å²) in [7, 11) is -3.15. The molecule has 22 heavy (non-hydrogen) atoms. The number of fused-ring (bicyclic) bond motifs is 1. The molecule has 122 valence electrons. The van der Waals surface area contributed by atoms with E-state index < -0.39 is 10.0 Å². The summed E-state index contributed by atoms with van der Waals surface area (Å²) in [5.74, 6) is 0.238. The Morgan fingerprint density at radius 3 is 2.86 bits per heavy atom. The highest BCUT2D eigenvalue weighted by Gasteiger charge is 2.38. The normalized spacial score (nSPS) is 27.5. The first-order chi connectivity index (χ1) is 10.4. The van der Waals surface area contributed by atoms with Gasteiger partial charge in [0.1, 0.15) is 0 Å². The fourth-order valence-electron chi connectivity index (χ4n) is 3.30. The van der Waals surface area contributed by atoms with Gasteiger partial charge in [-0.15, -0.1) is 0 Å². The van der Waals surface area contributed by atoms with Crippen molar-refractivity contribution >= 4 is 10.0 Å². The van der Waals surface area contributed by atoms with E-state index in [0.717, 1.165) is 31.0 Å². The highest BCUT2D eigenvalue weighted by Crippen LogP contribution is 2.25. The Kier molecular flexibility index (Phi) is 4.49. The standard InChI is InChI=1S/C15H23N3O3S/c1-12-4-3-5-14(16-12)10-17-8-13-9-18(22(2,19)20)6-7-21-15(13)11-17/h3-5,13,15H,6-11H2,1-2H3/t13-,15-/m1/s1. The van der Waals surface area contributed by atoms with Gasteiger partial charge in [0.15, 0.2) is 0 Å². The van der Waals surface area contributed by atoms with Crippen LogP contribution in [0.2, 0.25) is 0 Å². The fraction of sp³-hybridized carbons (Fsp3) is 0.667. The summed E-state index contributed by atoms with van der Waals surface area (Å²) in [6.45, 7) is 5.98. The van der Waals surface area contributed by atoms with Gasteiger partial charge < -0.3 is 4.74 Å². The second-order valence-electron chi connectivity index (χ2n) is 6.25. The van der Waals surface area contributed by atoms with Gasteiger partial charge in [-0.1, -0.05) is 6.07 Å². The van der Waals surface area contributed by atoms with Crippen molar-refractivity contribution in [3.63, 3.8) is 0 Å². The molecule has 0 radical (unpaired) electrons. The molecular weight excluding hydrogens is 302 g/mol. The Morgan fingerprint density at radius 1 is 1.32 bits per heavy atom. The van der Waals surface area contributed by atoms with E-state index in [1.54, 1.807) is 4.31 Å². The number of pyridine rings is 1. The Balaban J connectivity index is 1.66. The molecule has 0 spiro atoms. The van der Waals surface area contributed by atoms with Crippen LogP contribution < -0.4 is 0 Å². The molecule has 2 saturated heterocycles. The summed E-state index contributed by atoms with van der Waals surface area (Å²) in [6, 6.07) is 6.04. The molecule has 0 aromatic carbocycles. The third kappa shape index (κ3) is 3.65. The molecule has 3 rings (SSSR count). The predicted octanol–water partition coefficient (Wildman–Crippen LogP) is 0.482. The molecule has 2 aliphatic rings. The third-order valence-electron chi connectivity index (χ3n) is 4.37. The second-order valence-corrected chi connectivity index (χ2v) is 8.24. The number of rotatable bonds is 3. The van der Waals surface area contributed by atoms with Crippen molar-refractivity contribution in [3.05, 3.63) is 29.6 Å². The molecule has 7 heteroatoms. The lowest BCUT2D eigenvalue weighted by molar-refractivity contribution is 0.0518. The average molecular weight is 325 g/mol. The molecule has 3 heterocycles. The maximum atomic E-state index is 11.8. The maximum Gasteiger partial charge on any atom is 0.211 e. The minimum absolute atomic E-state index is 0.122. The van der Waals surface area contributed by atoms with Crippen LogP contribution in [0.1, 0.15) is 11.4 Å². The van der Waals surface area contributed by atoms with E-state index >= 15 is 0 Å². The van der Waals surface area contributed by atoms with Gasteiger partial charge in [0.2, 0.25) is 10.0 Å².